The third-order valence-electron chi connectivity index (χ3n) is 2.87. The summed E-state index contributed by atoms with van der Waals surface area (Å²) in [5.41, 5.74) is 0.989. The van der Waals surface area contributed by atoms with E-state index in [2.05, 4.69) is 27.5 Å². The van der Waals surface area contributed by atoms with Crippen LogP contribution in [0.2, 0.25) is 0 Å². The number of nitrogens with zero attached hydrogens (tertiary/aromatic N) is 2. The van der Waals surface area contributed by atoms with Gasteiger partial charge in [-0.3, -0.25) is 4.99 Å². The molecule has 0 fully saturated rings. The van der Waals surface area contributed by atoms with Gasteiger partial charge in [0.25, 0.3) is 0 Å². The minimum absolute atomic E-state index is 0.0348. The van der Waals surface area contributed by atoms with E-state index >= 15 is 0 Å². The van der Waals surface area contributed by atoms with E-state index in [1.54, 1.807) is 18.4 Å². The lowest BCUT2D eigenvalue weighted by Crippen LogP contribution is -2.42. The maximum absolute atomic E-state index is 11.2. The molecule has 1 atom stereocenters. The second-order valence-electron chi connectivity index (χ2n) is 4.98. The van der Waals surface area contributed by atoms with Gasteiger partial charge in [-0.15, -0.1) is 11.3 Å². The summed E-state index contributed by atoms with van der Waals surface area (Å²) in [5, 5.41) is 9.52. The number of nitrogens with one attached hydrogen (secondary N) is 2. The van der Waals surface area contributed by atoms with E-state index < -0.39 is 9.84 Å². The van der Waals surface area contributed by atoms with Crippen molar-refractivity contribution in [3.8, 4) is 0 Å². The molecule has 120 valence electrons. The molecule has 0 aromatic carbocycles. The van der Waals surface area contributed by atoms with Crippen LogP contribution in [-0.2, 0) is 22.8 Å². The van der Waals surface area contributed by atoms with E-state index in [1.807, 2.05) is 12.3 Å². The number of hydrogen-bond donors (Lipinski definition) is 2. The highest BCUT2D eigenvalue weighted by atomic mass is 32.2. The van der Waals surface area contributed by atoms with Crippen LogP contribution < -0.4 is 10.6 Å². The van der Waals surface area contributed by atoms with Gasteiger partial charge in [-0.2, -0.15) is 0 Å². The van der Waals surface area contributed by atoms with Crippen LogP contribution in [-0.4, -0.2) is 44.5 Å². The summed E-state index contributed by atoms with van der Waals surface area (Å²) >= 11 is 1.66. The van der Waals surface area contributed by atoms with Crippen LogP contribution in [0.3, 0.4) is 0 Å². The molecule has 0 aliphatic heterocycles. The summed E-state index contributed by atoms with van der Waals surface area (Å²) in [7, 11) is -1.23. The molecule has 2 N–H and O–H groups in total. The van der Waals surface area contributed by atoms with Crippen molar-refractivity contribution in [2.45, 2.75) is 39.3 Å². The predicted molar refractivity (Wildman–Crippen MR) is 88.6 cm³/mol. The van der Waals surface area contributed by atoms with Gasteiger partial charge in [-0.05, 0) is 19.8 Å². The molecule has 0 saturated carbocycles. The van der Waals surface area contributed by atoms with Crippen LogP contribution >= 0.6 is 11.3 Å². The minimum Gasteiger partial charge on any atom is -0.354 e. The highest BCUT2D eigenvalue weighted by Crippen LogP contribution is 2.09. The van der Waals surface area contributed by atoms with E-state index in [0.717, 1.165) is 17.1 Å². The van der Waals surface area contributed by atoms with Gasteiger partial charge in [0.15, 0.2) is 5.96 Å². The highest BCUT2D eigenvalue weighted by molar-refractivity contribution is 7.90. The zero-order chi connectivity index (χ0) is 15.9. The molecule has 21 heavy (non-hydrogen) atoms. The summed E-state index contributed by atoms with van der Waals surface area (Å²) in [6.45, 7) is 4.63. The maximum atomic E-state index is 11.2. The third-order valence-corrected chi connectivity index (χ3v) is 4.89. The molecule has 1 heterocycles. The average Bonchev–Trinajstić information content (AvgIpc) is 2.88. The molecule has 1 rings (SSSR count). The smallest absolute Gasteiger partial charge is 0.191 e. The molecular formula is C13H24N4O2S2. The van der Waals surface area contributed by atoms with Crippen LogP contribution in [0, 0.1) is 0 Å². The van der Waals surface area contributed by atoms with Crippen LogP contribution in [0.4, 0.5) is 0 Å². The second-order valence-corrected chi connectivity index (χ2v) is 8.18. The first-order valence-corrected chi connectivity index (χ1v) is 9.86. The number of sulfone groups is 1. The molecule has 0 bridgehead atoms. The predicted octanol–water partition coefficient (Wildman–Crippen LogP) is 1.19. The topological polar surface area (TPSA) is 83.4 Å². The van der Waals surface area contributed by atoms with E-state index in [9.17, 15) is 8.42 Å². The Morgan fingerprint density at radius 2 is 2.24 bits per heavy atom. The molecule has 8 heteroatoms. The van der Waals surface area contributed by atoms with E-state index in [4.69, 9.17) is 0 Å². The fraction of sp³-hybridized carbons (Fsp3) is 0.692. The number of aliphatic imine (C=N–C) groups is 1. The van der Waals surface area contributed by atoms with E-state index in [1.165, 1.54) is 6.26 Å². The summed E-state index contributed by atoms with van der Waals surface area (Å²) in [4.78, 5) is 8.61. The molecular weight excluding hydrogens is 308 g/mol. The molecule has 6 nitrogen and oxygen atoms in total. The van der Waals surface area contributed by atoms with Gasteiger partial charge < -0.3 is 10.6 Å². The molecule has 0 spiro atoms. The zero-order valence-electron chi connectivity index (χ0n) is 13.0. The molecule has 1 aromatic heterocycles. The van der Waals surface area contributed by atoms with Crippen LogP contribution in [0.15, 0.2) is 10.4 Å². The second kappa shape index (κ2) is 8.33. The van der Waals surface area contributed by atoms with Gasteiger partial charge in [-0.1, -0.05) is 6.92 Å². The number of thiazole rings is 1. The Morgan fingerprint density at radius 1 is 1.52 bits per heavy atom. The lowest BCUT2D eigenvalue weighted by Gasteiger charge is -2.17. The number of rotatable bonds is 7. The summed E-state index contributed by atoms with van der Waals surface area (Å²) < 4.78 is 22.3. The number of aryl methyl sites for hydroxylation is 1. The quantitative estimate of drug-likeness (QED) is 0.579. The maximum Gasteiger partial charge on any atom is 0.191 e. The Balaban J connectivity index is 2.41. The zero-order valence-corrected chi connectivity index (χ0v) is 14.6. The first-order valence-electron chi connectivity index (χ1n) is 6.92. The minimum atomic E-state index is -2.93. The molecule has 0 aliphatic carbocycles. The normalized spacial score (nSPS) is 14.0. The van der Waals surface area contributed by atoms with Crippen molar-refractivity contribution in [3.05, 3.63) is 16.1 Å². The van der Waals surface area contributed by atoms with Crippen molar-refractivity contribution in [2.24, 2.45) is 4.99 Å². The SMILES string of the molecule is CCc1nc(CNC(=NC)NC(C)CCS(C)(=O)=O)cs1. The number of hydrogen-bond acceptors (Lipinski definition) is 5. The Labute approximate surface area is 131 Å². The van der Waals surface area contributed by atoms with Gasteiger partial charge >= 0.3 is 0 Å². The Bertz CT molecular complexity index is 566. The summed E-state index contributed by atoms with van der Waals surface area (Å²) in [6, 6.07) is 0.0348. The van der Waals surface area contributed by atoms with Crippen molar-refractivity contribution in [2.75, 3.05) is 19.1 Å². The fourth-order valence-electron chi connectivity index (χ4n) is 1.66. The van der Waals surface area contributed by atoms with Crippen molar-refractivity contribution >= 4 is 27.1 Å². The Kier molecular flexibility index (Phi) is 7.10. The fourth-order valence-corrected chi connectivity index (χ4v) is 3.18. The third kappa shape index (κ3) is 7.42. The lowest BCUT2D eigenvalue weighted by molar-refractivity contribution is 0.581. The molecule has 1 unspecified atom stereocenters. The van der Waals surface area contributed by atoms with Crippen LogP contribution in [0.25, 0.3) is 0 Å². The van der Waals surface area contributed by atoms with Crippen LogP contribution in [0.1, 0.15) is 31.0 Å². The van der Waals surface area contributed by atoms with Gasteiger partial charge in [0.2, 0.25) is 0 Å². The van der Waals surface area contributed by atoms with Crippen molar-refractivity contribution in [1.82, 2.24) is 15.6 Å². The Hall–Kier alpha value is -1.15. The van der Waals surface area contributed by atoms with E-state index in [-0.39, 0.29) is 11.8 Å². The van der Waals surface area contributed by atoms with Crippen LogP contribution in [0.5, 0.6) is 0 Å². The van der Waals surface area contributed by atoms with Gasteiger partial charge in [0, 0.05) is 24.7 Å². The van der Waals surface area contributed by atoms with Crippen molar-refractivity contribution in [3.63, 3.8) is 0 Å². The standard InChI is InChI=1S/C13H24N4O2S2/c1-5-12-17-11(9-20-12)8-15-13(14-3)16-10(2)6-7-21(4,18)19/h9-10H,5-8H2,1-4H3,(H2,14,15,16). The molecule has 0 aliphatic rings. The van der Waals surface area contributed by atoms with Crippen molar-refractivity contribution < 1.29 is 8.42 Å². The molecule has 0 saturated heterocycles. The molecule has 0 amide bonds. The monoisotopic (exact) mass is 332 g/mol. The van der Waals surface area contributed by atoms with Gasteiger partial charge in [-0.25, -0.2) is 13.4 Å². The first-order chi connectivity index (χ1) is 9.84. The van der Waals surface area contributed by atoms with Crippen molar-refractivity contribution in [1.29, 1.82) is 0 Å². The Morgan fingerprint density at radius 3 is 2.76 bits per heavy atom. The molecule has 0 radical (unpaired) electrons. The molecule has 1 aromatic rings. The number of aromatic nitrogens is 1. The highest BCUT2D eigenvalue weighted by Gasteiger charge is 2.09. The summed E-state index contributed by atoms with van der Waals surface area (Å²) in [6.07, 6.45) is 2.75. The largest absolute Gasteiger partial charge is 0.354 e. The summed E-state index contributed by atoms with van der Waals surface area (Å²) in [5.74, 6) is 0.825. The van der Waals surface area contributed by atoms with Gasteiger partial charge in [0.1, 0.15) is 9.84 Å². The first kappa shape index (κ1) is 17.9. The lowest BCUT2D eigenvalue weighted by atomic mass is 10.3. The average molecular weight is 332 g/mol. The number of guanidine groups is 1. The van der Waals surface area contributed by atoms with E-state index in [0.29, 0.717) is 18.9 Å². The van der Waals surface area contributed by atoms with Gasteiger partial charge in [0.05, 0.1) is 23.0 Å².